The van der Waals surface area contributed by atoms with E-state index in [-0.39, 0.29) is 6.29 Å². The van der Waals surface area contributed by atoms with Crippen LogP contribution in [0, 0.1) is 0 Å². The molecule has 0 saturated carbocycles. The van der Waals surface area contributed by atoms with Crippen molar-refractivity contribution < 1.29 is 14.2 Å². The largest absolute Gasteiger partial charge is 0.377 e. The molecule has 0 bridgehead atoms. The molecule has 0 aromatic heterocycles. The van der Waals surface area contributed by atoms with Gasteiger partial charge in [-0.1, -0.05) is 0 Å². The highest BCUT2D eigenvalue weighted by Gasteiger charge is 2.24. The van der Waals surface area contributed by atoms with Crippen LogP contribution in [0.4, 0.5) is 0 Å². The van der Waals surface area contributed by atoms with Crippen LogP contribution in [0.1, 0.15) is 27.2 Å². The van der Waals surface area contributed by atoms with Gasteiger partial charge in [0.1, 0.15) is 0 Å². The number of nitrogens with one attached hydrogen (secondary N) is 1. The molecule has 1 rings (SSSR count). The van der Waals surface area contributed by atoms with E-state index in [0.29, 0.717) is 25.4 Å². The fraction of sp³-hybridized carbons (Fsp3) is 1.00. The first kappa shape index (κ1) is 12.9. The number of hydrogen-bond donors (Lipinski definition) is 1. The van der Waals surface area contributed by atoms with Crippen LogP contribution in [0.15, 0.2) is 0 Å². The van der Waals surface area contributed by atoms with Crippen molar-refractivity contribution in [1.82, 2.24) is 5.32 Å². The molecular weight excluding hydrogens is 194 g/mol. The average molecular weight is 217 g/mol. The Balaban J connectivity index is 2.19. The molecule has 15 heavy (non-hydrogen) atoms. The lowest BCUT2D eigenvalue weighted by atomic mass is 10.1. The monoisotopic (exact) mass is 217 g/mol. The van der Waals surface area contributed by atoms with Crippen molar-refractivity contribution in [2.75, 3.05) is 26.4 Å². The van der Waals surface area contributed by atoms with Gasteiger partial charge in [0.15, 0.2) is 6.29 Å². The molecule has 0 spiro atoms. The highest BCUT2D eigenvalue weighted by molar-refractivity contribution is 4.79. The predicted octanol–water partition coefficient (Wildman–Crippen LogP) is 1.15. The highest BCUT2D eigenvalue weighted by atomic mass is 16.7. The first-order valence-corrected chi connectivity index (χ1v) is 5.86. The van der Waals surface area contributed by atoms with Gasteiger partial charge in [-0.25, -0.2) is 0 Å². The maximum atomic E-state index is 5.47. The van der Waals surface area contributed by atoms with Crippen molar-refractivity contribution in [3.05, 3.63) is 0 Å². The smallest absolute Gasteiger partial charge is 0.169 e. The van der Waals surface area contributed by atoms with E-state index in [0.717, 1.165) is 19.6 Å². The Morgan fingerprint density at radius 3 is 2.47 bits per heavy atom. The van der Waals surface area contributed by atoms with Gasteiger partial charge >= 0.3 is 0 Å². The van der Waals surface area contributed by atoms with E-state index in [1.807, 2.05) is 13.8 Å². The van der Waals surface area contributed by atoms with Gasteiger partial charge in [0.25, 0.3) is 0 Å². The second kappa shape index (κ2) is 7.17. The van der Waals surface area contributed by atoms with Gasteiger partial charge in [-0.05, 0) is 27.2 Å². The third-order valence-corrected chi connectivity index (χ3v) is 2.63. The van der Waals surface area contributed by atoms with E-state index < -0.39 is 0 Å². The molecule has 2 atom stereocenters. The van der Waals surface area contributed by atoms with Gasteiger partial charge in [0, 0.05) is 32.4 Å². The van der Waals surface area contributed by atoms with Crippen LogP contribution in [-0.4, -0.2) is 44.8 Å². The first-order valence-electron chi connectivity index (χ1n) is 5.86. The minimum atomic E-state index is -0.132. The van der Waals surface area contributed by atoms with E-state index >= 15 is 0 Å². The van der Waals surface area contributed by atoms with Crippen molar-refractivity contribution in [2.45, 2.75) is 45.6 Å². The average Bonchev–Trinajstić information content (AvgIpc) is 2.61. The summed E-state index contributed by atoms with van der Waals surface area (Å²) in [6, 6.07) is 0.438. The van der Waals surface area contributed by atoms with Crippen molar-refractivity contribution >= 4 is 0 Å². The van der Waals surface area contributed by atoms with Crippen molar-refractivity contribution in [2.24, 2.45) is 0 Å². The van der Waals surface area contributed by atoms with E-state index in [2.05, 4.69) is 12.2 Å². The van der Waals surface area contributed by atoms with Crippen molar-refractivity contribution in [1.29, 1.82) is 0 Å². The first-order chi connectivity index (χ1) is 7.27. The number of hydrogen-bond acceptors (Lipinski definition) is 4. The molecule has 4 nitrogen and oxygen atoms in total. The Bertz CT molecular complexity index is 160. The van der Waals surface area contributed by atoms with Gasteiger partial charge in [0.2, 0.25) is 0 Å². The molecule has 1 fully saturated rings. The maximum absolute atomic E-state index is 5.47. The maximum Gasteiger partial charge on any atom is 0.169 e. The molecule has 0 radical (unpaired) electrons. The summed E-state index contributed by atoms with van der Waals surface area (Å²) in [5, 5.41) is 3.43. The standard InChI is InChI=1S/C11H23NO3/c1-4-13-11(14-5-2)8-12-10-6-7-15-9(10)3/h9-12H,4-8H2,1-3H3. The molecule has 0 aliphatic carbocycles. The zero-order valence-electron chi connectivity index (χ0n) is 9.99. The van der Waals surface area contributed by atoms with Crippen LogP contribution in [-0.2, 0) is 14.2 Å². The third kappa shape index (κ3) is 4.47. The van der Waals surface area contributed by atoms with Gasteiger partial charge in [-0.3, -0.25) is 0 Å². The second-order valence-corrected chi connectivity index (χ2v) is 3.72. The number of rotatable bonds is 7. The molecule has 1 aliphatic heterocycles. The van der Waals surface area contributed by atoms with E-state index in [1.165, 1.54) is 0 Å². The minimum absolute atomic E-state index is 0.132. The molecule has 0 aromatic carbocycles. The van der Waals surface area contributed by atoms with Crippen molar-refractivity contribution in [3.63, 3.8) is 0 Å². The Kier molecular flexibility index (Phi) is 6.17. The molecule has 1 aliphatic rings. The fourth-order valence-corrected chi connectivity index (χ4v) is 1.79. The zero-order valence-corrected chi connectivity index (χ0v) is 9.99. The van der Waals surface area contributed by atoms with Gasteiger partial charge in [-0.2, -0.15) is 0 Å². The summed E-state index contributed by atoms with van der Waals surface area (Å²) >= 11 is 0. The number of ether oxygens (including phenoxy) is 3. The summed E-state index contributed by atoms with van der Waals surface area (Å²) in [5.74, 6) is 0. The molecule has 90 valence electrons. The summed E-state index contributed by atoms with van der Waals surface area (Å²) < 4.78 is 16.4. The van der Waals surface area contributed by atoms with E-state index in [9.17, 15) is 0 Å². The van der Waals surface area contributed by atoms with Gasteiger partial charge in [-0.15, -0.1) is 0 Å². The summed E-state index contributed by atoms with van der Waals surface area (Å²) in [6.07, 6.45) is 1.24. The highest BCUT2D eigenvalue weighted by Crippen LogP contribution is 2.12. The molecule has 1 heterocycles. The molecule has 0 aromatic rings. The summed E-state index contributed by atoms with van der Waals surface area (Å²) in [6.45, 7) is 9.01. The zero-order chi connectivity index (χ0) is 11.1. The van der Waals surface area contributed by atoms with Crippen molar-refractivity contribution in [3.8, 4) is 0 Å². The molecular formula is C11H23NO3. The topological polar surface area (TPSA) is 39.7 Å². The van der Waals surface area contributed by atoms with Gasteiger partial charge in [0.05, 0.1) is 6.10 Å². The minimum Gasteiger partial charge on any atom is -0.377 e. The Hall–Kier alpha value is -0.160. The lowest BCUT2D eigenvalue weighted by molar-refractivity contribution is -0.134. The summed E-state index contributed by atoms with van der Waals surface area (Å²) in [5.41, 5.74) is 0. The molecule has 2 unspecified atom stereocenters. The second-order valence-electron chi connectivity index (χ2n) is 3.72. The lowest BCUT2D eigenvalue weighted by Gasteiger charge is -2.21. The van der Waals surface area contributed by atoms with Crippen LogP contribution in [0.5, 0.6) is 0 Å². The molecule has 0 amide bonds. The van der Waals surface area contributed by atoms with Crippen LogP contribution >= 0.6 is 0 Å². The Morgan fingerprint density at radius 2 is 2.00 bits per heavy atom. The SMILES string of the molecule is CCOC(CNC1CCOC1C)OCC. The van der Waals surface area contributed by atoms with Crippen LogP contribution in [0.2, 0.25) is 0 Å². The quantitative estimate of drug-likeness (QED) is 0.649. The third-order valence-electron chi connectivity index (χ3n) is 2.63. The molecule has 1 saturated heterocycles. The predicted molar refractivity (Wildman–Crippen MR) is 58.9 cm³/mol. The lowest BCUT2D eigenvalue weighted by Crippen LogP contribution is -2.41. The van der Waals surface area contributed by atoms with Crippen LogP contribution < -0.4 is 5.32 Å². The van der Waals surface area contributed by atoms with Crippen LogP contribution in [0.25, 0.3) is 0 Å². The summed E-state index contributed by atoms with van der Waals surface area (Å²) in [7, 11) is 0. The normalized spacial score (nSPS) is 26.4. The van der Waals surface area contributed by atoms with Gasteiger partial charge < -0.3 is 19.5 Å². The molecule has 4 heteroatoms. The fourth-order valence-electron chi connectivity index (χ4n) is 1.79. The molecule has 1 N–H and O–H groups in total. The Labute approximate surface area is 92.3 Å². The Morgan fingerprint density at radius 1 is 1.33 bits per heavy atom. The van der Waals surface area contributed by atoms with Crippen LogP contribution in [0.3, 0.4) is 0 Å². The van der Waals surface area contributed by atoms with E-state index in [4.69, 9.17) is 14.2 Å². The van der Waals surface area contributed by atoms with E-state index in [1.54, 1.807) is 0 Å². The summed E-state index contributed by atoms with van der Waals surface area (Å²) in [4.78, 5) is 0.